The number of benzene rings is 4. The number of rotatable bonds is 10. The molecule has 0 aromatic heterocycles. The number of nitrogens with one attached hydrogen (secondary N) is 2. The summed E-state index contributed by atoms with van der Waals surface area (Å²) in [5, 5.41) is 4.66. The summed E-state index contributed by atoms with van der Waals surface area (Å²) in [6, 6.07) is 26.8. The molecule has 4 aromatic carbocycles. The molecule has 0 atom stereocenters. The molecule has 5 heterocycles. The fourth-order valence-electron chi connectivity index (χ4n) is 9.32. The van der Waals surface area contributed by atoms with Gasteiger partial charge >= 0.3 is 0 Å². The van der Waals surface area contributed by atoms with Crippen LogP contribution in [0.4, 0.5) is 34.1 Å². The second-order valence-electron chi connectivity index (χ2n) is 18.0. The van der Waals surface area contributed by atoms with Crippen LogP contribution in [0.5, 0.6) is 0 Å². The number of likely N-dealkylation sites (N-methyl/N-ethyl adjacent to an activating group) is 2. The summed E-state index contributed by atoms with van der Waals surface area (Å²) in [6.45, 7) is 8.59. The Kier molecular flexibility index (Phi) is 14.5. The second-order valence-corrected chi connectivity index (χ2v) is 18.8. The standard InChI is InChI=1S/C50H58Cl2N12O4/c1-57-21-25-61(26-22-57)49-37-9-3-5-11-41(37)63(43-19-17-35(51)33-39(43)53-49)55-45(65)13-7-15-47(67)59-29-31-60(32-30-59)48(68)16-8-14-46(66)56-64-42-12-6-4-10-38(42)50(62-27-23-58(2)24-28-62)54-40-34-36(52)18-20-44(40)64/h3-6,9-12,17-20,33-34H,7-8,13-16,21-32H2,1-2H3,(H,55,65)(H,56,66). The van der Waals surface area contributed by atoms with E-state index >= 15 is 0 Å². The topological polar surface area (TPSA) is 143 Å². The molecule has 9 rings (SSSR count). The number of carbonyl (C=O) groups excluding carboxylic acids is 4. The number of para-hydroxylation sites is 2. The second kappa shape index (κ2) is 21.0. The van der Waals surface area contributed by atoms with Gasteiger partial charge in [-0.3, -0.25) is 40.0 Å². The van der Waals surface area contributed by atoms with Gasteiger partial charge in [-0.1, -0.05) is 47.5 Å². The Labute approximate surface area is 407 Å². The van der Waals surface area contributed by atoms with Crippen molar-refractivity contribution in [1.82, 2.24) is 40.3 Å². The number of aliphatic imine (C=N–C) groups is 2. The minimum absolute atomic E-state index is 0.0492. The van der Waals surface area contributed by atoms with Gasteiger partial charge in [-0.2, -0.15) is 0 Å². The highest BCUT2D eigenvalue weighted by atomic mass is 35.5. The zero-order valence-corrected chi connectivity index (χ0v) is 40.2. The lowest BCUT2D eigenvalue weighted by molar-refractivity contribution is -0.139. The van der Waals surface area contributed by atoms with Gasteiger partial charge < -0.3 is 29.4 Å². The highest BCUT2D eigenvalue weighted by Crippen LogP contribution is 2.42. The van der Waals surface area contributed by atoms with E-state index in [-0.39, 0.29) is 49.3 Å². The molecule has 0 unspecified atom stereocenters. The number of amides is 4. The van der Waals surface area contributed by atoms with Gasteiger partial charge in [0.2, 0.25) is 23.6 Å². The van der Waals surface area contributed by atoms with Crippen molar-refractivity contribution >= 4 is 92.6 Å². The Morgan fingerprint density at radius 3 is 1.26 bits per heavy atom. The van der Waals surface area contributed by atoms with E-state index in [4.69, 9.17) is 33.2 Å². The first-order valence-electron chi connectivity index (χ1n) is 23.6. The van der Waals surface area contributed by atoms with Crippen molar-refractivity contribution in [2.24, 2.45) is 9.98 Å². The van der Waals surface area contributed by atoms with E-state index in [0.29, 0.717) is 71.8 Å². The van der Waals surface area contributed by atoms with Crippen LogP contribution in [0, 0.1) is 0 Å². The normalized spacial score (nSPS) is 17.5. The molecule has 18 heteroatoms. The lowest BCUT2D eigenvalue weighted by atomic mass is 10.1. The van der Waals surface area contributed by atoms with E-state index in [1.165, 1.54) is 0 Å². The van der Waals surface area contributed by atoms with Crippen LogP contribution in [-0.2, 0) is 19.2 Å². The van der Waals surface area contributed by atoms with Gasteiger partial charge in [0.25, 0.3) is 0 Å². The molecular weight excluding hydrogens is 904 g/mol. The largest absolute Gasteiger partial charge is 0.353 e. The third-order valence-corrected chi connectivity index (χ3v) is 13.7. The van der Waals surface area contributed by atoms with Gasteiger partial charge in [-0.25, -0.2) is 9.98 Å². The SMILES string of the molecule is CN1CCN(C2=Nc3cc(Cl)ccc3N(NC(=O)CCCC(=O)N3CCN(C(=O)CCCC(=O)NN4c5ccc(Cl)cc5N=C(N5CCN(C)CC5)c5ccccc54)CC3)c3ccccc32)CC1. The Balaban J connectivity index is 0.742. The van der Waals surface area contributed by atoms with Crippen molar-refractivity contribution in [3.8, 4) is 0 Å². The summed E-state index contributed by atoms with van der Waals surface area (Å²) in [5.74, 6) is 1.12. The summed E-state index contributed by atoms with van der Waals surface area (Å²) >= 11 is 12.9. The molecule has 3 fully saturated rings. The van der Waals surface area contributed by atoms with Crippen LogP contribution in [0.3, 0.4) is 0 Å². The molecule has 356 valence electrons. The molecule has 16 nitrogen and oxygen atoms in total. The van der Waals surface area contributed by atoms with Crippen molar-refractivity contribution < 1.29 is 19.2 Å². The smallest absolute Gasteiger partial charge is 0.238 e. The first-order valence-corrected chi connectivity index (χ1v) is 24.3. The molecule has 5 aliphatic rings. The number of hydrogen-bond donors (Lipinski definition) is 2. The van der Waals surface area contributed by atoms with Crippen molar-refractivity contribution in [3.05, 3.63) is 106 Å². The molecule has 0 spiro atoms. The van der Waals surface area contributed by atoms with E-state index in [2.05, 4.69) is 44.5 Å². The number of halogens is 2. The van der Waals surface area contributed by atoms with E-state index in [1.807, 2.05) is 72.8 Å². The average Bonchev–Trinajstić information content (AvgIpc) is 3.56. The van der Waals surface area contributed by atoms with Crippen molar-refractivity contribution in [3.63, 3.8) is 0 Å². The molecule has 2 N–H and O–H groups in total. The summed E-state index contributed by atoms with van der Waals surface area (Å²) < 4.78 is 0. The summed E-state index contributed by atoms with van der Waals surface area (Å²) in [4.78, 5) is 76.8. The van der Waals surface area contributed by atoms with Gasteiger partial charge in [0, 0.05) is 125 Å². The number of fused-ring (bicyclic) bond motifs is 4. The lowest BCUT2D eigenvalue weighted by Crippen LogP contribution is -2.50. The highest BCUT2D eigenvalue weighted by Gasteiger charge is 2.31. The molecule has 5 aliphatic heterocycles. The van der Waals surface area contributed by atoms with E-state index < -0.39 is 0 Å². The van der Waals surface area contributed by atoms with Gasteiger partial charge in [-0.15, -0.1) is 0 Å². The van der Waals surface area contributed by atoms with Crippen LogP contribution in [0.25, 0.3) is 0 Å². The number of amidine groups is 2. The lowest BCUT2D eigenvalue weighted by Gasteiger charge is -2.35. The molecular formula is C50H58Cl2N12O4. The van der Waals surface area contributed by atoms with Crippen molar-refractivity contribution in [1.29, 1.82) is 0 Å². The van der Waals surface area contributed by atoms with E-state index in [9.17, 15) is 19.2 Å². The Bertz CT molecular complexity index is 2430. The fourth-order valence-corrected chi connectivity index (χ4v) is 9.65. The fraction of sp³-hybridized carbons (Fsp3) is 0.400. The average molecular weight is 962 g/mol. The first-order chi connectivity index (χ1) is 33.0. The van der Waals surface area contributed by atoms with Gasteiger partial charge in [0.15, 0.2) is 0 Å². The number of hydrogen-bond acceptors (Lipinski definition) is 12. The molecule has 0 bridgehead atoms. The van der Waals surface area contributed by atoms with Crippen LogP contribution in [0.1, 0.15) is 49.7 Å². The predicted octanol–water partition coefficient (Wildman–Crippen LogP) is 6.32. The zero-order valence-electron chi connectivity index (χ0n) is 38.7. The van der Waals surface area contributed by atoms with Crippen LogP contribution >= 0.6 is 23.2 Å². The Morgan fingerprint density at radius 1 is 0.485 bits per heavy atom. The maximum absolute atomic E-state index is 13.6. The number of carbonyl (C=O) groups is 4. The van der Waals surface area contributed by atoms with Crippen LogP contribution in [0.15, 0.2) is 94.9 Å². The molecule has 0 radical (unpaired) electrons. The number of piperazine rings is 3. The summed E-state index contributed by atoms with van der Waals surface area (Å²) in [5.41, 5.74) is 12.3. The van der Waals surface area contributed by atoms with Crippen LogP contribution in [0.2, 0.25) is 10.0 Å². The minimum atomic E-state index is -0.226. The maximum atomic E-state index is 13.6. The number of anilines is 4. The van der Waals surface area contributed by atoms with Crippen LogP contribution < -0.4 is 20.9 Å². The first kappa shape index (κ1) is 46.9. The molecule has 68 heavy (non-hydrogen) atoms. The van der Waals surface area contributed by atoms with Crippen molar-refractivity contribution in [2.45, 2.75) is 38.5 Å². The van der Waals surface area contributed by atoms with Gasteiger partial charge in [0.05, 0.1) is 34.1 Å². The molecule has 4 aromatic rings. The summed E-state index contributed by atoms with van der Waals surface area (Å²) in [6.07, 6.45) is 1.43. The third-order valence-electron chi connectivity index (χ3n) is 13.2. The van der Waals surface area contributed by atoms with E-state index in [0.717, 1.165) is 86.5 Å². The Morgan fingerprint density at radius 2 is 0.868 bits per heavy atom. The maximum Gasteiger partial charge on any atom is 0.238 e. The quantitative estimate of drug-likeness (QED) is 0.186. The Hall–Kier alpha value is -6.20. The number of nitrogens with zero attached hydrogens (tertiary/aromatic N) is 10. The zero-order chi connectivity index (χ0) is 47.3. The number of hydrazine groups is 2. The molecule has 3 saturated heterocycles. The minimum Gasteiger partial charge on any atom is -0.353 e. The van der Waals surface area contributed by atoms with Crippen molar-refractivity contribution in [2.75, 3.05) is 103 Å². The van der Waals surface area contributed by atoms with E-state index in [1.54, 1.807) is 32.0 Å². The summed E-state index contributed by atoms with van der Waals surface area (Å²) in [7, 11) is 4.23. The molecule has 0 saturated carbocycles. The van der Waals surface area contributed by atoms with Gasteiger partial charge in [-0.05, 0) is 87.6 Å². The monoisotopic (exact) mass is 960 g/mol. The predicted molar refractivity (Wildman–Crippen MR) is 268 cm³/mol. The molecule has 0 aliphatic carbocycles. The third kappa shape index (κ3) is 10.6. The highest BCUT2D eigenvalue weighted by molar-refractivity contribution is 6.31. The van der Waals surface area contributed by atoms with Crippen LogP contribution in [-0.4, -0.2) is 157 Å². The van der Waals surface area contributed by atoms with Gasteiger partial charge in [0.1, 0.15) is 11.7 Å². The molecule has 4 amide bonds.